The van der Waals surface area contributed by atoms with E-state index in [1.54, 1.807) is 0 Å². The fourth-order valence-corrected chi connectivity index (χ4v) is 3.34. The maximum atomic E-state index is 12.8. The SMILES string of the molecule is CCN1CCC[C@@H](Nc2nnc(-c3ccc(C(F)(F)F)cc3O)n(C)c2=O)C1.O=C(O)C(F)(F)F. The predicted molar refractivity (Wildman–Crippen MR) is 112 cm³/mol. The van der Waals surface area contributed by atoms with Crippen LogP contribution < -0.4 is 10.9 Å². The molecule has 1 saturated heterocycles. The normalized spacial score (nSPS) is 16.9. The Balaban J connectivity index is 0.000000540. The Kier molecular flexibility index (Phi) is 8.70. The van der Waals surface area contributed by atoms with Crippen LogP contribution in [0.5, 0.6) is 5.75 Å². The number of halogens is 6. The monoisotopic (exact) mass is 511 g/mol. The van der Waals surface area contributed by atoms with Gasteiger partial charge in [-0.3, -0.25) is 9.36 Å². The summed E-state index contributed by atoms with van der Waals surface area (Å²) in [5.74, 6) is -3.31. The van der Waals surface area contributed by atoms with Crippen molar-refractivity contribution < 1.29 is 41.4 Å². The van der Waals surface area contributed by atoms with Crippen LogP contribution in [0.4, 0.5) is 32.2 Å². The van der Waals surface area contributed by atoms with E-state index in [1.807, 2.05) is 0 Å². The molecule has 1 aliphatic heterocycles. The smallest absolute Gasteiger partial charge is 0.490 e. The number of likely N-dealkylation sites (N-methyl/N-ethyl adjacent to an activating group) is 1. The van der Waals surface area contributed by atoms with Crippen molar-refractivity contribution >= 4 is 11.8 Å². The molecule has 35 heavy (non-hydrogen) atoms. The van der Waals surface area contributed by atoms with E-state index in [0.29, 0.717) is 6.07 Å². The fraction of sp³-hybridized carbons (Fsp3) is 0.500. The van der Waals surface area contributed by atoms with Gasteiger partial charge in [0.15, 0.2) is 5.82 Å². The lowest BCUT2D eigenvalue weighted by Gasteiger charge is -2.32. The van der Waals surface area contributed by atoms with Gasteiger partial charge in [0.2, 0.25) is 5.82 Å². The van der Waals surface area contributed by atoms with Gasteiger partial charge in [-0.2, -0.15) is 26.3 Å². The third-order valence-corrected chi connectivity index (χ3v) is 5.17. The molecular formula is C20H23F6N5O4. The maximum absolute atomic E-state index is 12.8. The van der Waals surface area contributed by atoms with Crippen LogP contribution in [0, 0.1) is 0 Å². The molecule has 9 nitrogen and oxygen atoms in total. The van der Waals surface area contributed by atoms with Crippen LogP contribution in [0.15, 0.2) is 23.0 Å². The van der Waals surface area contributed by atoms with Crippen LogP contribution in [0.2, 0.25) is 0 Å². The molecule has 1 aromatic heterocycles. The Morgan fingerprint density at radius 1 is 1.20 bits per heavy atom. The van der Waals surface area contributed by atoms with Crippen molar-refractivity contribution in [3.63, 3.8) is 0 Å². The van der Waals surface area contributed by atoms with Crippen molar-refractivity contribution in [3.05, 3.63) is 34.1 Å². The Morgan fingerprint density at radius 3 is 2.34 bits per heavy atom. The molecular weight excluding hydrogens is 488 g/mol. The van der Waals surface area contributed by atoms with E-state index in [0.717, 1.165) is 49.2 Å². The minimum atomic E-state index is -5.08. The number of nitrogens with one attached hydrogen (secondary N) is 1. The number of aromatic hydroxyl groups is 1. The van der Waals surface area contributed by atoms with Gasteiger partial charge in [-0.1, -0.05) is 6.92 Å². The van der Waals surface area contributed by atoms with Crippen LogP contribution in [0.25, 0.3) is 11.4 Å². The number of piperidine rings is 1. The highest BCUT2D eigenvalue weighted by Crippen LogP contribution is 2.35. The van der Waals surface area contributed by atoms with Gasteiger partial charge in [0, 0.05) is 19.6 Å². The van der Waals surface area contributed by atoms with E-state index in [2.05, 4.69) is 27.3 Å². The number of phenolic OH excluding ortho intramolecular Hbond substituents is 1. The molecule has 0 radical (unpaired) electrons. The molecule has 15 heteroatoms. The third kappa shape index (κ3) is 7.31. The molecule has 2 aromatic rings. The fourth-order valence-electron chi connectivity index (χ4n) is 3.34. The summed E-state index contributed by atoms with van der Waals surface area (Å²) in [4.78, 5) is 23.8. The van der Waals surface area contributed by atoms with Crippen molar-refractivity contribution in [2.75, 3.05) is 25.0 Å². The molecule has 194 valence electrons. The number of hydrogen-bond donors (Lipinski definition) is 3. The van der Waals surface area contributed by atoms with E-state index in [9.17, 15) is 36.2 Å². The first-order valence-electron chi connectivity index (χ1n) is 10.3. The lowest BCUT2D eigenvalue weighted by atomic mass is 10.1. The Bertz CT molecular complexity index is 1100. The zero-order valence-electron chi connectivity index (χ0n) is 18.6. The number of nitrogens with zero attached hydrogens (tertiary/aromatic N) is 4. The predicted octanol–water partition coefficient (Wildman–Crippen LogP) is 3.10. The minimum absolute atomic E-state index is 0.00137. The standard InChI is InChI=1S/C18H22F3N5O2.C2HF3O2/c1-3-26-8-4-5-12(10-26)22-15-17(28)25(2)16(24-23-15)13-7-6-11(9-14(13)27)18(19,20)21;3-2(4,5)1(6)7/h6-7,9,12,27H,3-5,8,10H2,1-2H3,(H,22,23);(H,6,7)/t12-;/m1./s1. The molecule has 0 unspecified atom stereocenters. The van der Waals surface area contributed by atoms with Crippen molar-refractivity contribution in [2.45, 2.75) is 38.2 Å². The van der Waals surface area contributed by atoms with Crippen molar-refractivity contribution in [3.8, 4) is 17.1 Å². The average molecular weight is 511 g/mol. The molecule has 3 rings (SSSR count). The number of rotatable bonds is 4. The van der Waals surface area contributed by atoms with Crippen LogP contribution in [-0.2, 0) is 18.0 Å². The molecule has 0 amide bonds. The Labute approximate surface area is 195 Å². The van der Waals surface area contributed by atoms with Gasteiger partial charge in [0.05, 0.1) is 11.1 Å². The molecule has 0 aliphatic carbocycles. The summed E-state index contributed by atoms with van der Waals surface area (Å²) in [6.45, 7) is 4.81. The largest absolute Gasteiger partial charge is 0.507 e. The number of benzene rings is 1. The topological polar surface area (TPSA) is 121 Å². The maximum Gasteiger partial charge on any atom is 0.490 e. The number of carboxylic acid groups (broad SMARTS) is 1. The summed E-state index contributed by atoms with van der Waals surface area (Å²) in [7, 11) is 1.44. The number of phenols is 1. The highest BCUT2D eigenvalue weighted by Gasteiger charge is 2.38. The van der Waals surface area contributed by atoms with Crippen LogP contribution in [0.3, 0.4) is 0 Å². The van der Waals surface area contributed by atoms with Gasteiger partial charge in [0.1, 0.15) is 5.75 Å². The van der Waals surface area contributed by atoms with Gasteiger partial charge in [-0.25, -0.2) is 4.79 Å². The number of hydrogen-bond acceptors (Lipinski definition) is 7. The van der Waals surface area contributed by atoms with Crippen LogP contribution in [0.1, 0.15) is 25.3 Å². The van der Waals surface area contributed by atoms with E-state index < -0.39 is 35.2 Å². The first kappa shape index (κ1) is 27.9. The summed E-state index contributed by atoms with van der Waals surface area (Å²) in [6.07, 6.45) is -7.74. The second kappa shape index (κ2) is 10.9. The number of aliphatic carboxylic acids is 1. The summed E-state index contributed by atoms with van der Waals surface area (Å²) in [6, 6.07) is 2.58. The second-order valence-corrected chi connectivity index (χ2v) is 7.65. The first-order chi connectivity index (χ1) is 16.1. The van der Waals surface area contributed by atoms with Gasteiger partial charge in [-0.15, -0.1) is 10.2 Å². The van der Waals surface area contributed by atoms with Gasteiger partial charge >= 0.3 is 18.3 Å². The quantitative estimate of drug-likeness (QED) is 0.536. The molecule has 2 heterocycles. The number of aromatic nitrogens is 3. The van der Waals surface area contributed by atoms with Crippen LogP contribution >= 0.6 is 0 Å². The van der Waals surface area contributed by atoms with E-state index in [4.69, 9.17) is 9.90 Å². The second-order valence-electron chi connectivity index (χ2n) is 7.65. The molecule has 0 saturated carbocycles. The number of likely N-dealkylation sites (tertiary alicyclic amines) is 1. The summed E-state index contributed by atoms with van der Waals surface area (Å²) < 4.78 is 71.2. The highest BCUT2D eigenvalue weighted by atomic mass is 19.4. The lowest BCUT2D eigenvalue weighted by molar-refractivity contribution is -0.192. The summed E-state index contributed by atoms with van der Waals surface area (Å²) in [5.41, 5.74) is -1.44. The molecule has 0 bridgehead atoms. The average Bonchev–Trinajstić information content (AvgIpc) is 2.77. The number of carboxylic acids is 1. The van der Waals surface area contributed by atoms with E-state index in [1.165, 1.54) is 7.05 Å². The summed E-state index contributed by atoms with van der Waals surface area (Å²) in [5, 5.41) is 28.1. The zero-order valence-corrected chi connectivity index (χ0v) is 18.6. The van der Waals surface area contributed by atoms with Crippen molar-refractivity contribution in [2.24, 2.45) is 7.05 Å². The third-order valence-electron chi connectivity index (χ3n) is 5.17. The van der Waals surface area contributed by atoms with Crippen molar-refractivity contribution in [1.82, 2.24) is 19.7 Å². The minimum Gasteiger partial charge on any atom is -0.507 e. The van der Waals surface area contributed by atoms with Gasteiger partial charge < -0.3 is 20.4 Å². The number of alkyl halides is 6. The molecule has 1 aromatic carbocycles. The van der Waals surface area contributed by atoms with Crippen LogP contribution in [-0.4, -0.2) is 67.7 Å². The van der Waals surface area contributed by atoms with E-state index >= 15 is 0 Å². The van der Waals surface area contributed by atoms with Gasteiger partial charge in [0.25, 0.3) is 5.56 Å². The molecule has 3 N–H and O–H groups in total. The highest BCUT2D eigenvalue weighted by molar-refractivity contribution is 5.73. The Hall–Kier alpha value is -3.36. The number of carbonyl (C=O) groups is 1. The summed E-state index contributed by atoms with van der Waals surface area (Å²) >= 11 is 0. The van der Waals surface area contributed by atoms with E-state index in [-0.39, 0.29) is 23.2 Å². The molecule has 1 aliphatic rings. The Morgan fingerprint density at radius 2 is 1.83 bits per heavy atom. The zero-order chi connectivity index (χ0) is 26.6. The first-order valence-corrected chi connectivity index (χ1v) is 10.3. The molecule has 1 fully saturated rings. The number of anilines is 1. The lowest BCUT2D eigenvalue weighted by Crippen LogP contribution is -2.43. The molecule has 1 atom stereocenters. The van der Waals surface area contributed by atoms with Gasteiger partial charge in [-0.05, 0) is 44.1 Å². The molecule has 0 spiro atoms. The van der Waals surface area contributed by atoms with Crippen molar-refractivity contribution in [1.29, 1.82) is 0 Å².